The Morgan fingerprint density at radius 1 is 0.964 bits per heavy atom. The Bertz CT molecular complexity index is 1980. The van der Waals surface area contributed by atoms with Crippen molar-refractivity contribution in [2.45, 2.75) is 83.3 Å². The van der Waals surface area contributed by atoms with Crippen molar-refractivity contribution in [1.29, 1.82) is 0 Å². The predicted molar refractivity (Wildman–Crippen MR) is 217 cm³/mol. The summed E-state index contributed by atoms with van der Waals surface area (Å²) in [6.07, 6.45) is 0.659. The molecule has 14 nitrogen and oxygen atoms in total. The average molecular weight is 834 g/mol. The number of rotatable bonds is 16. The van der Waals surface area contributed by atoms with E-state index in [1.54, 1.807) is 30.3 Å². The molecule has 1 heterocycles. The lowest BCUT2D eigenvalue weighted by atomic mass is 10.0. The highest BCUT2D eigenvalue weighted by Crippen LogP contribution is 2.30. The quantitative estimate of drug-likeness (QED) is 0.117. The number of likely N-dealkylation sites (N-methyl/N-ethyl adjacent to an activating group) is 1. The maximum atomic E-state index is 13.4. The van der Waals surface area contributed by atoms with Gasteiger partial charge in [-0.25, -0.2) is 18.0 Å². The molecule has 0 bridgehead atoms. The average Bonchev–Trinajstić information content (AvgIpc) is 3.62. The molecule has 1 aliphatic rings. The van der Waals surface area contributed by atoms with Crippen LogP contribution in [-0.4, -0.2) is 90.7 Å². The van der Waals surface area contributed by atoms with E-state index >= 15 is 0 Å². The fourth-order valence-corrected chi connectivity index (χ4v) is 8.53. The number of amides is 5. The molecule has 0 unspecified atom stereocenters. The second-order valence-corrected chi connectivity index (χ2v) is 16.5. The summed E-state index contributed by atoms with van der Waals surface area (Å²) in [4.78, 5) is 65.8. The number of nitrogens with one attached hydrogen (secondary N) is 4. The highest BCUT2D eigenvalue weighted by Gasteiger charge is 2.41. The second kappa shape index (κ2) is 20.5. The number of sulfonamides is 1. The van der Waals surface area contributed by atoms with E-state index in [9.17, 15) is 37.5 Å². The van der Waals surface area contributed by atoms with Gasteiger partial charge in [-0.2, -0.15) is 4.31 Å². The Morgan fingerprint density at radius 2 is 1.61 bits per heavy atom. The van der Waals surface area contributed by atoms with Crippen LogP contribution < -0.4 is 21.3 Å². The fraction of sp³-hybridized carbons (Fsp3) is 0.410. The van der Waals surface area contributed by atoms with Crippen molar-refractivity contribution >= 4 is 74.3 Å². The largest absolute Gasteiger partial charge is 0.480 e. The third-order valence-electron chi connectivity index (χ3n) is 9.11. The summed E-state index contributed by atoms with van der Waals surface area (Å²) in [5, 5.41) is 20.8. The number of para-hydroxylation sites is 1. The summed E-state index contributed by atoms with van der Waals surface area (Å²) in [5.41, 5.74) is 2.79. The van der Waals surface area contributed by atoms with Gasteiger partial charge in [0.25, 0.3) is 0 Å². The molecule has 304 valence electrons. The van der Waals surface area contributed by atoms with Crippen molar-refractivity contribution in [3.63, 3.8) is 0 Å². The minimum atomic E-state index is -4.19. The van der Waals surface area contributed by atoms with Gasteiger partial charge in [-0.05, 0) is 86.1 Å². The number of hydrogen-bond donors (Lipinski definition) is 5. The van der Waals surface area contributed by atoms with E-state index in [0.29, 0.717) is 29.8 Å². The van der Waals surface area contributed by atoms with Gasteiger partial charge in [-0.15, -0.1) is 0 Å². The lowest BCUT2D eigenvalue weighted by Gasteiger charge is -2.29. The second-order valence-electron chi connectivity index (χ2n) is 13.8. The first-order valence-corrected chi connectivity index (χ1v) is 19.9. The number of urea groups is 1. The van der Waals surface area contributed by atoms with E-state index in [-0.39, 0.29) is 66.5 Å². The lowest BCUT2D eigenvalue weighted by Crippen LogP contribution is -2.52. The predicted octanol–water partition coefficient (Wildman–Crippen LogP) is 5.93. The summed E-state index contributed by atoms with van der Waals surface area (Å²) in [5.74, 6) is -2.94. The van der Waals surface area contributed by atoms with Crippen molar-refractivity contribution in [3.05, 3.63) is 87.9 Å². The third-order valence-corrected chi connectivity index (χ3v) is 11.4. The number of benzene rings is 3. The smallest absolute Gasteiger partial charge is 0.326 e. The van der Waals surface area contributed by atoms with Crippen LogP contribution in [0.25, 0.3) is 0 Å². The van der Waals surface area contributed by atoms with E-state index in [4.69, 9.17) is 23.2 Å². The van der Waals surface area contributed by atoms with Crippen molar-refractivity contribution < 1.29 is 37.5 Å². The Hall–Kier alpha value is -4.70. The van der Waals surface area contributed by atoms with Gasteiger partial charge in [0.15, 0.2) is 0 Å². The number of aryl methyl sites for hydroxylation is 1. The number of carbonyl (C=O) groups is 5. The van der Waals surface area contributed by atoms with E-state index in [0.717, 1.165) is 9.87 Å². The van der Waals surface area contributed by atoms with Crippen LogP contribution in [0.4, 0.5) is 16.2 Å². The molecule has 0 radical (unpaired) electrons. The van der Waals surface area contributed by atoms with E-state index in [1.165, 1.54) is 30.1 Å². The first-order valence-electron chi connectivity index (χ1n) is 17.7. The SMILES string of the molecule is C.Cc1ccccc1NC(=O)Nc1ccc(CC(=O)N(C)[C@@H](CC(C)C)C(=O)NCC[C@H](NC(=O)[C@@H]2CCCN2S(=O)(=O)c2cc(Cl)cc(Cl)c2)C(=O)O)cc1. The van der Waals surface area contributed by atoms with Crippen LogP contribution in [0.1, 0.15) is 58.1 Å². The standard InChI is InChI=1S/C38H46Cl2N6O8S.CH4/c1-23(2)18-33(45(4)34(47)19-25-11-13-28(14-12-25)42-38(52)44-30-9-6-5-8-24(30)3)35(48)41-16-15-31(37(50)51)43-36(49)32-10-7-17-46(32)55(53,54)29-21-26(39)20-27(40)22-29;/h5-6,8-9,11-14,20-23,31-33H,7,10,15-19H2,1-4H3,(H,41,48)(H,43,49)(H,50,51)(H2,42,44,52);1H4/t31-,32-,33-;/m0./s1. The minimum Gasteiger partial charge on any atom is -0.480 e. The summed E-state index contributed by atoms with van der Waals surface area (Å²) >= 11 is 12.0. The molecule has 5 amide bonds. The molecule has 0 aromatic heterocycles. The molecule has 3 atom stereocenters. The molecular formula is C39H50Cl2N6O8S. The first-order chi connectivity index (χ1) is 26.0. The van der Waals surface area contributed by atoms with E-state index in [1.807, 2.05) is 39.0 Å². The first kappa shape index (κ1) is 45.7. The molecule has 17 heteroatoms. The van der Waals surface area contributed by atoms with Gasteiger partial charge in [-0.3, -0.25) is 14.4 Å². The van der Waals surface area contributed by atoms with Gasteiger partial charge in [0, 0.05) is 41.6 Å². The number of carbonyl (C=O) groups excluding carboxylic acids is 4. The fourth-order valence-electron chi connectivity index (χ4n) is 6.15. The molecular weight excluding hydrogens is 783 g/mol. The molecule has 1 fully saturated rings. The lowest BCUT2D eigenvalue weighted by molar-refractivity contribution is -0.142. The Morgan fingerprint density at radius 3 is 2.21 bits per heavy atom. The van der Waals surface area contributed by atoms with E-state index < -0.39 is 52.0 Å². The van der Waals surface area contributed by atoms with Gasteiger partial charge in [0.2, 0.25) is 27.7 Å². The molecule has 0 aliphatic carbocycles. The van der Waals surface area contributed by atoms with Crippen molar-refractivity contribution in [3.8, 4) is 0 Å². The molecule has 3 aromatic carbocycles. The summed E-state index contributed by atoms with van der Waals surface area (Å²) in [6.45, 7) is 5.59. The number of anilines is 2. The number of nitrogens with zero attached hydrogens (tertiary/aromatic N) is 2. The van der Waals surface area contributed by atoms with Gasteiger partial charge in [-0.1, -0.05) is 74.8 Å². The van der Waals surface area contributed by atoms with Crippen LogP contribution >= 0.6 is 23.2 Å². The molecule has 0 spiro atoms. The molecule has 4 rings (SSSR count). The summed E-state index contributed by atoms with van der Waals surface area (Å²) in [6, 6.07) is 14.1. The highest BCUT2D eigenvalue weighted by molar-refractivity contribution is 7.89. The third kappa shape index (κ3) is 12.4. The van der Waals surface area contributed by atoms with Crippen molar-refractivity contribution in [2.24, 2.45) is 5.92 Å². The van der Waals surface area contributed by atoms with Crippen LogP contribution in [0.3, 0.4) is 0 Å². The summed E-state index contributed by atoms with van der Waals surface area (Å²) in [7, 11) is -2.66. The normalized spacial score (nSPS) is 15.2. The number of carboxylic acid groups (broad SMARTS) is 1. The van der Waals surface area contributed by atoms with E-state index in [2.05, 4.69) is 21.3 Å². The van der Waals surface area contributed by atoms with Crippen molar-refractivity contribution in [1.82, 2.24) is 19.8 Å². The molecule has 1 saturated heterocycles. The van der Waals surface area contributed by atoms with Crippen LogP contribution in [0.15, 0.2) is 71.6 Å². The molecule has 1 aliphatic heterocycles. The number of halogens is 2. The molecule has 3 aromatic rings. The van der Waals surface area contributed by atoms with Crippen LogP contribution in [0, 0.1) is 12.8 Å². The number of hydrogen-bond acceptors (Lipinski definition) is 7. The molecule has 0 saturated carbocycles. The topological polar surface area (TPSA) is 194 Å². The zero-order valence-electron chi connectivity index (χ0n) is 31.0. The van der Waals surface area contributed by atoms with Gasteiger partial charge in [0.1, 0.15) is 18.1 Å². The Kier molecular flexibility index (Phi) is 16.7. The Balaban J connectivity index is 0.00000841. The monoisotopic (exact) mass is 832 g/mol. The van der Waals surface area contributed by atoms with Crippen molar-refractivity contribution in [2.75, 3.05) is 30.8 Å². The number of carboxylic acids is 1. The summed E-state index contributed by atoms with van der Waals surface area (Å²) < 4.78 is 27.8. The Labute approximate surface area is 338 Å². The van der Waals surface area contributed by atoms with Crippen LogP contribution in [-0.2, 0) is 35.6 Å². The maximum absolute atomic E-state index is 13.4. The zero-order valence-corrected chi connectivity index (χ0v) is 33.3. The van der Waals surface area contributed by atoms with Crippen LogP contribution in [0.5, 0.6) is 0 Å². The molecule has 56 heavy (non-hydrogen) atoms. The van der Waals surface area contributed by atoms with Crippen LogP contribution in [0.2, 0.25) is 10.0 Å². The molecule has 5 N–H and O–H groups in total. The van der Waals surface area contributed by atoms with Gasteiger partial charge >= 0.3 is 12.0 Å². The minimum absolute atomic E-state index is 0. The number of aliphatic carboxylic acids is 1. The highest BCUT2D eigenvalue weighted by atomic mass is 35.5. The van der Waals surface area contributed by atoms with Gasteiger partial charge < -0.3 is 31.3 Å². The maximum Gasteiger partial charge on any atom is 0.326 e. The zero-order chi connectivity index (χ0) is 40.4. The van der Waals surface area contributed by atoms with Gasteiger partial charge in [0.05, 0.1) is 11.3 Å².